The molecule has 1 aromatic heterocycles. The Balaban J connectivity index is 1.46. The number of rotatable bonds is 4. The minimum Gasteiger partial charge on any atom is -0.376 e. The highest BCUT2D eigenvalue weighted by molar-refractivity contribution is 5.95. The number of ether oxygens (including phenoxy) is 2. The fourth-order valence-corrected chi connectivity index (χ4v) is 4.03. The fourth-order valence-electron chi connectivity index (χ4n) is 4.03. The molecular weight excluding hydrogens is 380 g/mol. The summed E-state index contributed by atoms with van der Waals surface area (Å²) < 4.78 is 13.1. The number of nitrogens with zero attached hydrogens (tertiary/aromatic N) is 4. The first-order chi connectivity index (χ1) is 14.4. The predicted octanol–water partition coefficient (Wildman–Crippen LogP) is 2.34. The van der Waals surface area contributed by atoms with E-state index in [1.165, 1.54) is 0 Å². The highest BCUT2D eigenvalue weighted by Crippen LogP contribution is 2.27. The van der Waals surface area contributed by atoms with Crippen molar-refractivity contribution in [1.82, 2.24) is 19.6 Å². The molecule has 0 saturated carbocycles. The van der Waals surface area contributed by atoms with Crippen molar-refractivity contribution in [3.63, 3.8) is 0 Å². The van der Waals surface area contributed by atoms with E-state index in [-0.39, 0.29) is 17.4 Å². The third-order valence-electron chi connectivity index (χ3n) is 5.68. The number of hydrogen-bond acceptors (Lipinski definition) is 5. The van der Waals surface area contributed by atoms with Gasteiger partial charge in [0.2, 0.25) is 0 Å². The summed E-state index contributed by atoms with van der Waals surface area (Å²) in [6.07, 6.45) is 2.02. The van der Waals surface area contributed by atoms with Gasteiger partial charge in [0, 0.05) is 44.3 Å². The summed E-state index contributed by atoms with van der Waals surface area (Å²) in [5, 5.41) is 4.79. The number of carbonyl (C=O) groups excluding carboxylic acids is 1. The molecule has 30 heavy (non-hydrogen) atoms. The first kappa shape index (κ1) is 21.0. The van der Waals surface area contributed by atoms with Crippen molar-refractivity contribution in [2.75, 3.05) is 52.5 Å². The summed E-state index contributed by atoms with van der Waals surface area (Å²) in [5.41, 5.74) is 2.28. The quantitative estimate of drug-likeness (QED) is 0.772. The Morgan fingerprint density at radius 1 is 1.10 bits per heavy atom. The molecular formula is C23H32N4O3. The lowest BCUT2D eigenvalue weighted by molar-refractivity contribution is -0.0994. The molecule has 2 aliphatic rings. The number of benzene rings is 1. The number of hydrogen-bond donors (Lipinski definition) is 0. The molecule has 0 N–H and O–H groups in total. The van der Waals surface area contributed by atoms with Crippen molar-refractivity contribution in [2.24, 2.45) is 0 Å². The van der Waals surface area contributed by atoms with Crippen LogP contribution in [-0.2, 0) is 14.9 Å². The van der Waals surface area contributed by atoms with E-state index >= 15 is 0 Å². The van der Waals surface area contributed by atoms with Crippen LogP contribution in [0.3, 0.4) is 0 Å². The molecule has 7 nitrogen and oxygen atoms in total. The number of aromatic nitrogens is 2. The lowest BCUT2D eigenvalue weighted by Crippen LogP contribution is -2.51. The highest BCUT2D eigenvalue weighted by Gasteiger charge is 2.31. The monoisotopic (exact) mass is 412 g/mol. The first-order valence-corrected chi connectivity index (χ1v) is 10.8. The van der Waals surface area contributed by atoms with Gasteiger partial charge in [-0.1, -0.05) is 39.0 Å². The molecule has 0 radical (unpaired) electrons. The van der Waals surface area contributed by atoms with Crippen LogP contribution in [0.4, 0.5) is 0 Å². The molecule has 0 unspecified atom stereocenters. The largest absolute Gasteiger partial charge is 0.376 e. The van der Waals surface area contributed by atoms with Crippen LogP contribution in [0.1, 0.15) is 36.8 Å². The lowest BCUT2D eigenvalue weighted by atomic mass is 9.89. The van der Waals surface area contributed by atoms with Crippen LogP contribution in [0.2, 0.25) is 0 Å². The van der Waals surface area contributed by atoms with Crippen LogP contribution in [-0.4, -0.2) is 84.1 Å². The van der Waals surface area contributed by atoms with Gasteiger partial charge in [-0.3, -0.25) is 9.69 Å². The maximum absolute atomic E-state index is 13.4. The van der Waals surface area contributed by atoms with Crippen molar-refractivity contribution in [1.29, 1.82) is 0 Å². The van der Waals surface area contributed by atoms with Gasteiger partial charge in [0.1, 0.15) is 0 Å². The Morgan fingerprint density at radius 3 is 2.47 bits per heavy atom. The van der Waals surface area contributed by atoms with E-state index in [0.717, 1.165) is 31.0 Å². The molecule has 2 fully saturated rings. The van der Waals surface area contributed by atoms with E-state index in [9.17, 15) is 4.79 Å². The second-order valence-electron chi connectivity index (χ2n) is 9.08. The third-order valence-corrected chi connectivity index (χ3v) is 5.68. The maximum atomic E-state index is 13.4. The summed E-state index contributed by atoms with van der Waals surface area (Å²) in [6.45, 7) is 12.3. The molecule has 0 bridgehead atoms. The number of amides is 1. The van der Waals surface area contributed by atoms with Gasteiger partial charge in [0.05, 0.1) is 42.9 Å². The molecule has 162 valence electrons. The van der Waals surface area contributed by atoms with E-state index in [2.05, 4.69) is 25.7 Å². The second kappa shape index (κ2) is 8.88. The average Bonchev–Trinajstić information content (AvgIpc) is 3.21. The number of para-hydroxylation sites is 1. The lowest BCUT2D eigenvalue weighted by Gasteiger charge is -2.37. The molecule has 1 aromatic carbocycles. The van der Waals surface area contributed by atoms with Gasteiger partial charge in [-0.05, 0) is 12.1 Å². The Kier molecular flexibility index (Phi) is 6.22. The zero-order valence-corrected chi connectivity index (χ0v) is 18.2. The van der Waals surface area contributed by atoms with Crippen molar-refractivity contribution < 1.29 is 14.3 Å². The van der Waals surface area contributed by atoms with Gasteiger partial charge in [-0.15, -0.1) is 0 Å². The average molecular weight is 413 g/mol. The smallest absolute Gasteiger partial charge is 0.257 e. The molecule has 1 amide bonds. The van der Waals surface area contributed by atoms with Gasteiger partial charge in [0.25, 0.3) is 5.91 Å². The summed E-state index contributed by atoms with van der Waals surface area (Å²) >= 11 is 0. The van der Waals surface area contributed by atoms with Gasteiger partial charge in [-0.2, -0.15) is 5.10 Å². The summed E-state index contributed by atoms with van der Waals surface area (Å²) in [4.78, 5) is 17.7. The van der Waals surface area contributed by atoms with Crippen LogP contribution in [0, 0.1) is 0 Å². The van der Waals surface area contributed by atoms with Crippen molar-refractivity contribution in [2.45, 2.75) is 32.3 Å². The number of carbonyl (C=O) groups is 1. The van der Waals surface area contributed by atoms with E-state index < -0.39 is 0 Å². The van der Waals surface area contributed by atoms with Crippen molar-refractivity contribution >= 4 is 5.91 Å². The molecule has 2 aromatic rings. The van der Waals surface area contributed by atoms with Crippen molar-refractivity contribution in [3.05, 3.63) is 47.8 Å². The van der Waals surface area contributed by atoms with E-state index in [1.54, 1.807) is 0 Å². The zero-order valence-electron chi connectivity index (χ0n) is 18.2. The fraction of sp³-hybridized carbons (Fsp3) is 0.565. The number of piperazine rings is 1. The van der Waals surface area contributed by atoms with E-state index in [4.69, 9.17) is 14.6 Å². The van der Waals surface area contributed by atoms with Crippen molar-refractivity contribution in [3.8, 4) is 5.69 Å². The Labute approximate surface area is 178 Å². The Hall–Kier alpha value is -2.22. The van der Waals surface area contributed by atoms with Crippen LogP contribution < -0.4 is 0 Å². The van der Waals surface area contributed by atoms with Gasteiger partial charge >= 0.3 is 0 Å². The van der Waals surface area contributed by atoms with Crippen LogP contribution in [0.25, 0.3) is 5.69 Å². The minimum absolute atomic E-state index is 0.0685. The molecule has 3 heterocycles. The molecule has 2 saturated heterocycles. The SMILES string of the molecule is CC(C)(C)c1nn(-c2ccccc2)cc1C(=O)N1CCN(C[C@@H]2COCCO2)CC1. The highest BCUT2D eigenvalue weighted by atomic mass is 16.6. The van der Waals surface area contributed by atoms with Crippen LogP contribution in [0.15, 0.2) is 36.5 Å². The molecule has 0 spiro atoms. The second-order valence-corrected chi connectivity index (χ2v) is 9.08. The molecule has 1 atom stereocenters. The van der Waals surface area contributed by atoms with Crippen LogP contribution >= 0.6 is 0 Å². The molecule has 2 aliphatic heterocycles. The predicted molar refractivity (Wildman–Crippen MR) is 115 cm³/mol. The summed E-state index contributed by atoms with van der Waals surface area (Å²) in [7, 11) is 0. The molecule has 4 rings (SSSR count). The summed E-state index contributed by atoms with van der Waals surface area (Å²) in [5.74, 6) is 0.0685. The molecule has 7 heteroatoms. The minimum atomic E-state index is -0.217. The van der Waals surface area contributed by atoms with E-state index in [0.29, 0.717) is 38.5 Å². The normalized spacial score (nSPS) is 21.0. The first-order valence-electron chi connectivity index (χ1n) is 10.8. The third kappa shape index (κ3) is 4.74. The Morgan fingerprint density at radius 2 is 1.83 bits per heavy atom. The van der Waals surface area contributed by atoms with E-state index in [1.807, 2.05) is 46.1 Å². The van der Waals surface area contributed by atoms with Gasteiger partial charge < -0.3 is 14.4 Å². The van der Waals surface area contributed by atoms with Crippen LogP contribution in [0.5, 0.6) is 0 Å². The maximum Gasteiger partial charge on any atom is 0.257 e. The molecule has 0 aliphatic carbocycles. The zero-order chi connectivity index (χ0) is 21.1. The Bertz CT molecular complexity index is 845. The topological polar surface area (TPSA) is 59.8 Å². The standard InChI is InChI=1S/C23H32N4O3/c1-23(2,3)21-20(16-27(24-21)18-7-5-4-6-8-18)22(28)26-11-9-25(10-12-26)15-19-17-29-13-14-30-19/h4-8,16,19H,9-15,17H2,1-3H3/t19-/m1/s1. The summed E-state index contributed by atoms with van der Waals surface area (Å²) in [6, 6.07) is 9.95. The van der Waals surface area contributed by atoms with Gasteiger partial charge in [0.15, 0.2) is 0 Å². The van der Waals surface area contributed by atoms with Gasteiger partial charge in [-0.25, -0.2) is 4.68 Å².